The Kier molecular flexibility index (Phi) is 5.36. The van der Waals surface area contributed by atoms with Gasteiger partial charge < -0.3 is 15.0 Å². The summed E-state index contributed by atoms with van der Waals surface area (Å²) in [6, 6.07) is 5.95. The lowest BCUT2D eigenvalue weighted by molar-refractivity contribution is -0.274. The number of likely N-dealkylation sites (tertiary alicyclic amines) is 1. The highest BCUT2D eigenvalue weighted by molar-refractivity contribution is 5.90. The summed E-state index contributed by atoms with van der Waals surface area (Å²) >= 11 is 0. The molecule has 3 fully saturated rings. The second kappa shape index (κ2) is 8.04. The zero-order valence-corrected chi connectivity index (χ0v) is 17.4. The van der Waals surface area contributed by atoms with E-state index in [0.29, 0.717) is 30.1 Å². The van der Waals surface area contributed by atoms with Gasteiger partial charge in [0.25, 0.3) is 0 Å². The third-order valence-electron chi connectivity index (χ3n) is 7.24. The fourth-order valence-electron chi connectivity index (χ4n) is 6.17. The van der Waals surface area contributed by atoms with Gasteiger partial charge in [-0.3, -0.25) is 4.90 Å². The van der Waals surface area contributed by atoms with Gasteiger partial charge in [-0.25, -0.2) is 4.79 Å². The van der Waals surface area contributed by atoms with Crippen LogP contribution in [0.2, 0.25) is 0 Å². The molecule has 3 saturated heterocycles. The number of alkyl halides is 3. The molecule has 0 aromatic heterocycles. The molecule has 1 N–H and O–H groups in total. The average molecular weight is 435 g/mol. The number of nitrogens with zero attached hydrogens (tertiary/aromatic N) is 2. The number of ether oxygens (including phenoxy) is 1. The number of benzene rings is 1. The lowest BCUT2D eigenvalue weighted by Gasteiger charge is -2.54. The summed E-state index contributed by atoms with van der Waals surface area (Å²) in [6.07, 6.45) is 4.57. The molecule has 0 radical (unpaired) electrons. The Bertz CT molecular complexity index is 872. The minimum atomic E-state index is -4.76. The normalized spacial score (nSPS) is 30.7. The second-order valence-corrected chi connectivity index (χ2v) is 9.21. The number of rotatable bonds is 2. The van der Waals surface area contributed by atoms with Crippen LogP contribution in [0.15, 0.2) is 35.9 Å². The molecule has 0 spiro atoms. The minimum absolute atomic E-state index is 0.0856. The fraction of sp³-hybridized carbons (Fsp3) is 0.609. The van der Waals surface area contributed by atoms with Gasteiger partial charge in [0.1, 0.15) is 5.75 Å². The Hall–Kier alpha value is -2.22. The van der Waals surface area contributed by atoms with Crippen molar-refractivity contribution in [2.75, 3.05) is 25.0 Å². The minimum Gasteiger partial charge on any atom is -0.406 e. The van der Waals surface area contributed by atoms with E-state index in [9.17, 15) is 18.0 Å². The quantitative estimate of drug-likeness (QED) is 0.664. The first-order valence-electron chi connectivity index (χ1n) is 11.3. The third kappa shape index (κ3) is 4.27. The van der Waals surface area contributed by atoms with Crippen molar-refractivity contribution in [3.63, 3.8) is 0 Å². The maximum atomic E-state index is 13.2. The van der Waals surface area contributed by atoms with E-state index in [0.717, 1.165) is 32.4 Å². The molecule has 8 heteroatoms. The van der Waals surface area contributed by atoms with Gasteiger partial charge in [0.2, 0.25) is 0 Å². The fourth-order valence-corrected chi connectivity index (χ4v) is 6.17. The van der Waals surface area contributed by atoms with Crippen LogP contribution in [0.25, 0.3) is 0 Å². The standard InChI is InChI=1S/C23H28F3N3O2/c24-23(25,26)31-19-7-3-6-18(13-19)27-22(30)29-10-4-5-15-11-16-12-17(21(15)29)14-28-9-2-1-8-20(16)28/h3,6-7,11,13,16-17,20-21H,1-2,4-5,8-10,12,14H2,(H,27,30)/t16-,17-,20+,21+/m0/s1. The number of carbonyl (C=O) groups excluding carboxylic acids is 1. The van der Waals surface area contributed by atoms with Crippen molar-refractivity contribution < 1.29 is 22.7 Å². The smallest absolute Gasteiger partial charge is 0.406 e. The second-order valence-electron chi connectivity index (χ2n) is 9.21. The van der Waals surface area contributed by atoms with Crippen LogP contribution >= 0.6 is 0 Å². The maximum Gasteiger partial charge on any atom is 0.573 e. The number of urea groups is 1. The molecule has 0 saturated carbocycles. The molecule has 2 bridgehead atoms. The Morgan fingerprint density at radius 2 is 2.03 bits per heavy atom. The van der Waals surface area contributed by atoms with Crippen molar-refractivity contribution >= 4 is 11.7 Å². The van der Waals surface area contributed by atoms with E-state index in [1.54, 1.807) is 6.07 Å². The van der Waals surface area contributed by atoms with Gasteiger partial charge >= 0.3 is 12.4 Å². The van der Waals surface area contributed by atoms with Crippen molar-refractivity contribution in [1.29, 1.82) is 0 Å². The zero-order valence-electron chi connectivity index (χ0n) is 17.4. The summed E-state index contributed by atoms with van der Waals surface area (Å²) in [5, 5.41) is 2.80. The molecule has 2 amide bonds. The predicted octanol–water partition coefficient (Wildman–Crippen LogP) is 5.01. The SMILES string of the molecule is O=C(Nc1cccc(OC(F)(F)F)c1)N1CCCC2=C[C@H]3C[C@@H](CN4CCCC[C@H]34)[C@@H]21. The molecule has 0 unspecified atom stereocenters. The molecule has 4 atom stereocenters. The van der Waals surface area contributed by atoms with Crippen molar-refractivity contribution in [3.05, 3.63) is 35.9 Å². The van der Waals surface area contributed by atoms with E-state index in [1.165, 1.54) is 43.0 Å². The van der Waals surface area contributed by atoms with E-state index in [-0.39, 0.29) is 17.8 Å². The molecule has 5 rings (SSSR count). The van der Waals surface area contributed by atoms with Gasteiger partial charge in [0.05, 0.1) is 6.04 Å². The highest BCUT2D eigenvalue weighted by Gasteiger charge is 2.47. The number of amides is 2. The average Bonchev–Trinajstić information content (AvgIpc) is 2.72. The summed E-state index contributed by atoms with van der Waals surface area (Å²) in [5.74, 6) is 0.670. The van der Waals surface area contributed by atoms with Crippen LogP contribution in [-0.2, 0) is 0 Å². The first-order valence-corrected chi connectivity index (χ1v) is 11.3. The number of halogens is 3. The number of hydrogen-bond acceptors (Lipinski definition) is 3. The van der Waals surface area contributed by atoms with Gasteiger partial charge in [-0.2, -0.15) is 0 Å². The van der Waals surface area contributed by atoms with E-state index >= 15 is 0 Å². The Labute approximate surface area is 180 Å². The molecule has 3 aliphatic heterocycles. The molecule has 5 nitrogen and oxygen atoms in total. The summed E-state index contributed by atoms with van der Waals surface area (Å²) in [4.78, 5) is 17.7. The van der Waals surface area contributed by atoms with Crippen LogP contribution in [0.3, 0.4) is 0 Å². The molecule has 168 valence electrons. The molecule has 1 aromatic rings. The van der Waals surface area contributed by atoms with Crippen molar-refractivity contribution in [1.82, 2.24) is 9.80 Å². The van der Waals surface area contributed by atoms with Gasteiger partial charge in [-0.15, -0.1) is 13.2 Å². The van der Waals surface area contributed by atoms with E-state index in [4.69, 9.17) is 0 Å². The van der Waals surface area contributed by atoms with Crippen LogP contribution in [-0.4, -0.2) is 53.9 Å². The van der Waals surface area contributed by atoms with E-state index < -0.39 is 6.36 Å². The van der Waals surface area contributed by atoms with Crippen LogP contribution in [0.5, 0.6) is 5.75 Å². The Morgan fingerprint density at radius 3 is 2.87 bits per heavy atom. The summed E-state index contributed by atoms with van der Waals surface area (Å²) < 4.78 is 41.5. The number of hydrogen-bond donors (Lipinski definition) is 1. The lowest BCUT2D eigenvalue weighted by atomic mass is 9.68. The Balaban J connectivity index is 1.33. The summed E-state index contributed by atoms with van der Waals surface area (Å²) in [7, 11) is 0. The number of nitrogens with one attached hydrogen (secondary N) is 1. The number of anilines is 1. The lowest BCUT2D eigenvalue weighted by Crippen LogP contribution is -2.60. The van der Waals surface area contributed by atoms with Gasteiger partial charge in [-0.05, 0) is 62.6 Å². The maximum absolute atomic E-state index is 13.2. The predicted molar refractivity (Wildman–Crippen MR) is 111 cm³/mol. The van der Waals surface area contributed by atoms with Crippen molar-refractivity contribution in [2.24, 2.45) is 11.8 Å². The molecule has 1 aliphatic carbocycles. The van der Waals surface area contributed by atoms with E-state index in [1.807, 2.05) is 4.90 Å². The number of carbonyl (C=O) groups is 1. The molecule has 1 aromatic carbocycles. The molecule has 3 heterocycles. The molecular weight excluding hydrogens is 407 g/mol. The van der Waals surface area contributed by atoms with Crippen LogP contribution in [0.4, 0.5) is 23.7 Å². The highest BCUT2D eigenvalue weighted by Crippen LogP contribution is 2.45. The Morgan fingerprint density at radius 1 is 1.16 bits per heavy atom. The first-order chi connectivity index (χ1) is 14.9. The van der Waals surface area contributed by atoms with Gasteiger partial charge in [-0.1, -0.05) is 24.1 Å². The number of piperidine rings is 3. The van der Waals surface area contributed by atoms with Crippen molar-refractivity contribution in [2.45, 2.75) is 57.0 Å². The van der Waals surface area contributed by atoms with Crippen LogP contribution in [0, 0.1) is 11.8 Å². The van der Waals surface area contributed by atoms with Crippen molar-refractivity contribution in [3.8, 4) is 5.75 Å². The van der Waals surface area contributed by atoms with Crippen LogP contribution in [0.1, 0.15) is 38.5 Å². The molecule has 31 heavy (non-hydrogen) atoms. The molecular formula is C23H28F3N3O2. The number of fused-ring (bicyclic) bond motifs is 6. The highest BCUT2D eigenvalue weighted by atomic mass is 19.4. The van der Waals surface area contributed by atoms with Gasteiger partial charge in [0.15, 0.2) is 0 Å². The monoisotopic (exact) mass is 435 g/mol. The third-order valence-corrected chi connectivity index (χ3v) is 7.24. The summed E-state index contributed by atoms with van der Waals surface area (Å²) in [6.45, 7) is 2.84. The summed E-state index contributed by atoms with van der Waals surface area (Å²) in [5.41, 5.74) is 1.68. The zero-order chi connectivity index (χ0) is 21.6. The van der Waals surface area contributed by atoms with Crippen LogP contribution < -0.4 is 10.1 Å². The largest absolute Gasteiger partial charge is 0.573 e. The topological polar surface area (TPSA) is 44.8 Å². The first kappa shape index (κ1) is 20.7. The van der Waals surface area contributed by atoms with E-state index in [2.05, 4.69) is 21.0 Å². The molecule has 4 aliphatic rings. The van der Waals surface area contributed by atoms with Gasteiger partial charge in [0, 0.05) is 30.9 Å².